The molecule has 5 rings (SSSR count). The number of nitrogens with zero attached hydrogens (tertiary/aromatic N) is 2. The van der Waals surface area contributed by atoms with Crippen LogP contribution in [0.2, 0.25) is 0 Å². The van der Waals surface area contributed by atoms with E-state index in [0.717, 1.165) is 17.7 Å². The van der Waals surface area contributed by atoms with Gasteiger partial charge in [-0.1, -0.05) is 23.8 Å². The van der Waals surface area contributed by atoms with Crippen LogP contribution in [0, 0.1) is 18.3 Å². The number of allylic oxidation sites excluding steroid dienone is 1. The van der Waals surface area contributed by atoms with Crippen molar-refractivity contribution in [1.82, 2.24) is 0 Å². The molecule has 2 heterocycles. The maximum atomic E-state index is 13.6. The number of amides is 1. The molecule has 172 valence electrons. The second kappa shape index (κ2) is 7.22. The summed E-state index contributed by atoms with van der Waals surface area (Å²) in [7, 11) is 0. The van der Waals surface area contributed by atoms with Crippen LogP contribution in [0.5, 0.6) is 0 Å². The molecule has 2 aromatic carbocycles. The number of alkyl halides is 3. The number of ketones is 1. The summed E-state index contributed by atoms with van der Waals surface area (Å²) in [6.45, 7) is 1.83. The molecule has 2 aromatic rings. The second-order valence-corrected chi connectivity index (χ2v) is 8.61. The summed E-state index contributed by atoms with van der Waals surface area (Å²) in [5.41, 5.74) is 5.90. The van der Waals surface area contributed by atoms with Crippen LogP contribution in [0.15, 0.2) is 65.1 Å². The van der Waals surface area contributed by atoms with Gasteiger partial charge in [0.05, 0.1) is 11.1 Å². The number of nitrogens with one attached hydrogen (secondary N) is 1. The average Bonchev–Trinajstić information content (AvgIpc) is 3.05. The number of anilines is 2. The number of fused-ring (bicyclic) bond motifs is 3. The first-order valence-electron chi connectivity index (χ1n) is 10.7. The molecule has 1 atom stereocenters. The number of halogens is 3. The monoisotopic (exact) mass is 464 g/mol. The minimum absolute atomic E-state index is 0.0694. The smallest absolute Gasteiger partial charge is 0.384 e. The van der Waals surface area contributed by atoms with Crippen molar-refractivity contribution >= 4 is 23.1 Å². The molecule has 1 aliphatic carbocycles. The minimum Gasteiger partial charge on any atom is -0.384 e. The van der Waals surface area contributed by atoms with Gasteiger partial charge in [-0.2, -0.15) is 18.4 Å². The maximum absolute atomic E-state index is 13.6. The van der Waals surface area contributed by atoms with Gasteiger partial charge in [0.1, 0.15) is 17.3 Å². The number of nitrogens with two attached hydrogens (primary N) is 1. The van der Waals surface area contributed by atoms with Crippen LogP contribution < -0.4 is 16.0 Å². The molecular formula is C25H19F3N4O2. The Morgan fingerprint density at radius 2 is 1.91 bits per heavy atom. The van der Waals surface area contributed by atoms with Crippen LogP contribution in [0.3, 0.4) is 0 Å². The topological polar surface area (TPSA) is 99.2 Å². The maximum Gasteiger partial charge on any atom is 0.416 e. The van der Waals surface area contributed by atoms with E-state index in [4.69, 9.17) is 5.73 Å². The van der Waals surface area contributed by atoms with Crippen LogP contribution in [-0.2, 0) is 21.2 Å². The zero-order valence-corrected chi connectivity index (χ0v) is 18.1. The third kappa shape index (κ3) is 2.81. The average molecular weight is 464 g/mol. The Morgan fingerprint density at radius 3 is 2.62 bits per heavy atom. The van der Waals surface area contributed by atoms with E-state index < -0.39 is 23.1 Å². The third-order valence-corrected chi connectivity index (χ3v) is 6.61. The van der Waals surface area contributed by atoms with Gasteiger partial charge in [0.25, 0.3) is 0 Å². The van der Waals surface area contributed by atoms with Gasteiger partial charge >= 0.3 is 6.18 Å². The number of carbonyl (C=O) groups is 2. The van der Waals surface area contributed by atoms with Crippen molar-refractivity contribution in [3.05, 3.63) is 81.8 Å². The van der Waals surface area contributed by atoms with Gasteiger partial charge in [0, 0.05) is 34.6 Å². The highest BCUT2D eigenvalue weighted by molar-refractivity contribution is 6.19. The second-order valence-electron chi connectivity index (χ2n) is 8.61. The fraction of sp³-hybridized carbons (Fsp3) is 0.240. The van der Waals surface area contributed by atoms with E-state index in [0.29, 0.717) is 29.8 Å². The number of aryl methyl sites for hydroxylation is 1. The standard InChI is InChI=1S/C25H19F3N4O2/c1-13-8-9-18-16(10-13)24(23(34)31-18)17(12-29)22(30)32(19-6-3-7-20(33)21(19)24)15-5-2-4-14(11-15)25(26,27)28/h2,4-5,8-11H,3,6-7,30H2,1H3,(H,31,34)/t24-/m1/s1. The van der Waals surface area contributed by atoms with Crippen molar-refractivity contribution < 1.29 is 22.8 Å². The Bertz CT molecular complexity index is 1380. The van der Waals surface area contributed by atoms with E-state index >= 15 is 0 Å². The fourth-order valence-electron chi connectivity index (χ4n) is 5.22. The molecule has 6 nitrogen and oxygen atoms in total. The van der Waals surface area contributed by atoms with Gasteiger partial charge in [0.2, 0.25) is 5.91 Å². The van der Waals surface area contributed by atoms with Gasteiger partial charge in [0.15, 0.2) is 5.78 Å². The Morgan fingerprint density at radius 1 is 1.15 bits per heavy atom. The summed E-state index contributed by atoms with van der Waals surface area (Å²) in [5.74, 6) is -1.07. The normalized spacial score (nSPS) is 22.0. The van der Waals surface area contributed by atoms with E-state index in [9.17, 15) is 28.0 Å². The van der Waals surface area contributed by atoms with Crippen molar-refractivity contribution in [3.8, 4) is 6.07 Å². The molecule has 3 aliphatic rings. The van der Waals surface area contributed by atoms with Crippen molar-refractivity contribution in [2.24, 2.45) is 5.73 Å². The molecule has 1 amide bonds. The van der Waals surface area contributed by atoms with Crippen molar-refractivity contribution in [3.63, 3.8) is 0 Å². The van der Waals surface area contributed by atoms with Gasteiger partial charge in [-0.3, -0.25) is 14.5 Å². The van der Waals surface area contributed by atoms with Crippen LogP contribution in [0.1, 0.15) is 36.0 Å². The van der Waals surface area contributed by atoms with E-state index in [1.807, 2.05) is 13.0 Å². The highest BCUT2D eigenvalue weighted by Crippen LogP contribution is 2.55. The third-order valence-electron chi connectivity index (χ3n) is 6.61. The zero-order valence-electron chi connectivity index (χ0n) is 18.1. The van der Waals surface area contributed by atoms with Crippen molar-refractivity contribution in [2.75, 3.05) is 10.2 Å². The summed E-state index contributed by atoms with van der Waals surface area (Å²) in [6, 6.07) is 11.8. The first kappa shape index (κ1) is 21.8. The highest BCUT2D eigenvalue weighted by Gasteiger charge is 2.60. The summed E-state index contributed by atoms with van der Waals surface area (Å²) in [4.78, 5) is 28.3. The van der Waals surface area contributed by atoms with Crippen LogP contribution in [0.25, 0.3) is 0 Å². The number of nitriles is 1. The molecule has 0 radical (unpaired) electrons. The van der Waals surface area contributed by atoms with Crippen molar-refractivity contribution in [2.45, 2.75) is 37.8 Å². The number of rotatable bonds is 1. The predicted octanol–water partition coefficient (Wildman–Crippen LogP) is 4.42. The summed E-state index contributed by atoms with van der Waals surface area (Å²) in [6.07, 6.45) is -3.68. The molecular weight excluding hydrogens is 445 g/mol. The predicted molar refractivity (Wildman–Crippen MR) is 118 cm³/mol. The van der Waals surface area contributed by atoms with Crippen LogP contribution >= 0.6 is 0 Å². The molecule has 9 heteroatoms. The van der Waals surface area contributed by atoms with E-state index in [2.05, 4.69) is 5.32 Å². The number of hydrogen-bond acceptors (Lipinski definition) is 5. The van der Waals surface area contributed by atoms with Crippen LogP contribution in [0.4, 0.5) is 24.5 Å². The Kier molecular flexibility index (Phi) is 4.62. The Hall–Kier alpha value is -4.06. The van der Waals surface area contributed by atoms with Gasteiger partial charge < -0.3 is 11.1 Å². The number of Topliss-reactive ketones (excluding diaryl/α,β-unsaturated/α-hetero) is 1. The molecule has 34 heavy (non-hydrogen) atoms. The largest absolute Gasteiger partial charge is 0.416 e. The molecule has 0 aromatic heterocycles. The van der Waals surface area contributed by atoms with E-state index in [1.54, 1.807) is 18.2 Å². The molecule has 1 spiro atoms. The lowest BCUT2D eigenvalue weighted by Crippen LogP contribution is -2.50. The first-order chi connectivity index (χ1) is 16.1. The molecule has 0 saturated carbocycles. The van der Waals surface area contributed by atoms with Crippen molar-refractivity contribution in [1.29, 1.82) is 5.26 Å². The highest BCUT2D eigenvalue weighted by atomic mass is 19.4. The molecule has 0 saturated heterocycles. The SMILES string of the molecule is Cc1ccc2c(c1)[C@@]1(C(=O)N2)C(C#N)=C(N)N(c2cccc(C(F)(F)F)c2)C2=C1C(=O)CCC2. The first-order valence-corrected chi connectivity index (χ1v) is 10.7. The van der Waals surface area contributed by atoms with Crippen LogP contribution in [-0.4, -0.2) is 11.7 Å². The summed E-state index contributed by atoms with van der Waals surface area (Å²) >= 11 is 0. The summed E-state index contributed by atoms with van der Waals surface area (Å²) < 4.78 is 40.3. The van der Waals surface area contributed by atoms with E-state index in [1.165, 1.54) is 17.0 Å². The molecule has 0 unspecified atom stereocenters. The number of hydrogen-bond donors (Lipinski definition) is 2. The minimum atomic E-state index is -4.59. The summed E-state index contributed by atoms with van der Waals surface area (Å²) in [5, 5.41) is 13.0. The molecule has 0 bridgehead atoms. The lowest BCUT2D eigenvalue weighted by atomic mass is 9.63. The van der Waals surface area contributed by atoms with Gasteiger partial charge in [-0.25, -0.2) is 0 Å². The Labute approximate surface area is 193 Å². The molecule has 2 aliphatic heterocycles. The van der Waals surface area contributed by atoms with Gasteiger partial charge in [-0.15, -0.1) is 0 Å². The lowest BCUT2D eigenvalue weighted by Gasteiger charge is -2.43. The fourth-order valence-corrected chi connectivity index (χ4v) is 5.22. The van der Waals surface area contributed by atoms with E-state index in [-0.39, 0.29) is 34.9 Å². The number of benzene rings is 2. The molecule has 3 N–H and O–H groups in total. The van der Waals surface area contributed by atoms with Gasteiger partial charge in [-0.05, 0) is 44.0 Å². The Balaban J connectivity index is 1.85. The zero-order chi connectivity index (χ0) is 24.4. The molecule has 0 fully saturated rings. The quantitative estimate of drug-likeness (QED) is 0.651. The lowest BCUT2D eigenvalue weighted by molar-refractivity contribution is -0.137. The number of carbonyl (C=O) groups excluding carboxylic acids is 2.